The molecule has 0 bridgehead atoms. The molecule has 5 nitrogen and oxygen atoms in total. The normalized spacial score (nSPS) is 20.6. The molecule has 108 valence electrons. The highest BCUT2D eigenvalue weighted by Gasteiger charge is 2.39. The number of aryl methyl sites for hydroxylation is 2. The fourth-order valence-corrected chi connectivity index (χ4v) is 5.66. The second-order valence-electron chi connectivity index (χ2n) is 4.94. The number of hydrogen-bond donors (Lipinski definition) is 0. The first-order valence-electron chi connectivity index (χ1n) is 6.50. The van der Waals surface area contributed by atoms with Crippen molar-refractivity contribution >= 4 is 21.4 Å². The highest BCUT2D eigenvalue weighted by atomic mass is 32.2. The molecule has 0 aromatic carbocycles. The second-order valence-corrected chi connectivity index (χ2v) is 7.75. The van der Waals surface area contributed by atoms with Crippen molar-refractivity contribution in [2.75, 3.05) is 6.54 Å². The van der Waals surface area contributed by atoms with E-state index in [1.807, 2.05) is 17.5 Å². The second kappa shape index (κ2) is 4.98. The molecule has 1 aliphatic heterocycles. The van der Waals surface area contributed by atoms with Crippen LogP contribution in [0.15, 0.2) is 26.9 Å². The molecule has 1 fully saturated rings. The van der Waals surface area contributed by atoms with Crippen LogP contribution in [-0.2, 0) is 10.0 Å². The van der Waals surface area contributed by atoms with Crippen LogP contribution in [0.4, 0.5) is 0 Å². The summed E-state index contributed by atoms with van der Waals surface area (Å²) in [5.74, 6) is 0.360. The van der Waals surface area contributed by atoms with Crippen LogP contribution < -0.4 is 0 Å². The van der Waals surface area contributed by atoms with Gasteiger partial charge in [0.25, 0.3) is 0 Å². The van der Waals surface area contributed by atoms with E-state index in [2.05, 4.69) is 5.16 Å². The molecule has 2 aromatic rings. The van der Waals surface area contributed by atoms with E-state index in [1.165, 1.54) is 0 Å². The van der Waals surface area contributed by atoms with E-state index >= 15 is 0 Å². The van der Waals surface area contributed by atoms with Crippen LogP contribution in [-0.4, -0.2) is 24.4 Å². The molecule has 7 heteroatoms. The summed E-state index contributed by atoms with van der Waals surface area (Å²) >= 11 is 1.60. The predicted molar refractivity (Wildman–Crippen MR) is 76.2 cm³/mol. The Labute approximate surface area is 122 Å². The van der Waals surface area contributed by atoms with Crippen LogP contribution in [0.25, 0.3) is 0 Å². The average Bonchev–Trinajstić information content (AvgIpc) is 3.08. The Kier molecular flexibility index (Phi) is 3.43. The Hall–Kier alpha value is -1.18. The Morgan fingerprint density at radius 1 is 1.45 bits per heavy atom. The van der Waals surface area contributed by atoms with Gasteiger partial charge >= 0.3 is 0 Å². The molecule has 1 aliphatic rings. The van der Waals surface area contributed by atoms with E-state index in [-0.39, 0.29) is 10.9 Å². The third-order valence-corrected chi connectivity index (χ3v) is 6.74. The number of thiophene rings is 1. The minimum atomic E-state index is -3.55. The summed E-state index contributed by atoms with van der Waals surface area (Å²) in [5.41, 5.74) is 0.430. The first-order valence-corrected chi connectivity index (χ1v) is 8.82. The van der Waals surface area contributed by atoms with Gasteiger partial charge < -0.3 is 4.52 Å². The zero-order valence-corrected chi connectivity index (χ0v) is 13.0. The fourth-order valence-electron chi connectivity index (χ4n) is 2.75. The van der Waals surface area contributed by atoms with Crippen molar-refractivity contribution in [3.63, 3.8) is 0 Å². The maximum absolute atomic E-state index is 12.9. The molecule has 0 spiro atoms. The van der Waals surface area contributed by atoms with Crippen molar-refractivity contribution in [1.82, 2.24) is 9.46 Å². The molecular weight excluding hydrogens is 296 g/mol. The molecule has 0 N–H and O–H groups in total. The first kappa shape index (κ1) is 13.8. The lowest BCUT2D eigenvalue weighted by Crippen LogP contribution is -2.31. The molecule has 0 radical (unpaired) electrons. The topological polar surface area (TPSA) is 63.4 Å². The van der Waals surface area contributed by atoms with Gasteiger partial charge in [-0.25, -0.2) is 8.42 Å². The standard InChI is InChI=1S/C13H16N2O3S2/c1-9-13(10(2)18-14-9)20(16,17)15-7-3-5-11(15)12-6-4-8-19-12/h4,6,8,11H,3,5,7H2,1-2H3. The highest BCUT2D eigenvalue weighted by Crippen LogP contribution is 2.39. The van der Waals surface area contributed by atoms with E-state index in [0.717, 1.165) is 17.7 Å². The molecule has 3 heterocycles. The molecule has 2 aromatic heterocycles. The molecule has 1 unspecified atom stereocenters. The fraction of sp³-hybridized carbons (Fsp3) is 0.462. The Morgan fingerprint density at radius 3 is 2.85 bits per heavy atom. The number of aromatic nitrogens is 1. The largest absolute Gasteiger partial charge is 0.360 e. The van der Waals surface area contributed by atoms with Gasteiger partial charge in [-0.05, 0) is 38.1 Å². The molecule has 0 aliphatic carbocycles. The van der Waals surface area contributed by atoms with Crippen LogP contribution in [0, 0.1) is 13.8 Å². The van der Waals surface area contributed by atoms with Crippen LogP contribution in [0.3, 0.4) is 0 Å². The molecular formula is C13H16N2O3S2. The highest BCUT2D eigenvalue weighted by molar-refractivity contribution is 7.89. The van der Waals surface area contributed by atoms with Crippen molar-refractivity contribution in [3.8, 4) is 0 Å². The van der Waals surface area contributed by atoms with Gasteiger partial charge in [0.05, 0.1) is 6.04 Å². The third-order valence-electron chi connectivity index (χ3n) is 3.61. The van der Waals surface area contributed by atoms with Crippen LogP contribution >= 0.6 is 11.3 Å². The molecule has 1 saturated heterocycles. The zero-order valence-electron chi connectivity index (χ0n) is 11.4. The van der Waals surface area contributed by atoms with Crippen molar-refractivity contribution in [1.29, 1.82) is 0 Å². The van der Waals surface area contributed by atoms with Crippen LogP contribution in [0.1, 0.15) is 35.2 Å². The van der Waals surface area contributed by atoms with E-state index < -0.39 is 10.0 Å². The summed E-state index contributed by atoms with van der Waals surface area (Å²) in [6.45, 7) is 3.86. The van der Waals surface area contributed by atoms with Gasteiger partial charge in [0.2, 0.25) is 10.0 Å². The first-order chi connectivity index (χ1) is 9.51. The molecule has 0 saturated carbocycles. The van der Waals surface area contributed by atoms with Crippen molar-refractivity contribution in [2.45, 2.75) is 37.6 Å². The lowest BCUT2D eigenvalue weighted by atomic mass is 10.2. The van der Waals surface area contributed by atoms with Gasteiger partial charge in [0.1, 0.15) is 10.6 Å². The van der Waals surface area contributed by atoms with E-state index in [4.69, 9.17) is 4.52 Å². The summed E-state index contributed by atoms with van der Waals surface area (Å²) in [6.07, 6.45) is 1.74. The minimum Gasteiger partial charge on any atom is -0.360 e. The van der Waals surface area contributed by atoms with Gasteiger partial charge in [0.15, 0.2) is 5.76 Å². The smallest absolute Gasteiger partial charge is 0.249 e. The molecule has 1 atom stereocenters. The lowest BCUT2D eigenvalue weighted by Gasteiger charge is -2.23. The van der Waals surface area contributed by atoms with Crippen molar-refractivity contribution in [2.24, 2.45) is 0 Å². The predicted octanol–water partition coefficient (Wildman–Crippen LogP) is 2.88. The zero-order chi connectivity index (χ0) is 14.3. The van der Waals surface area contributed by atoms with E-state index in [0.29, 0.717) is 18.0 Å². The third kappa shape index (κ3) is 2.10. The van der Waals surface area contributed by atoms with Crippen molar-refractivity contribution < 1.29 is 12.9 Å². The van der Waals surface area contributed by atoms with Crippen molar-refractivity contribution in [3.05, 3.63) is 33.8 Å². The van der Waals surface area contributed by atoms with Gasteiger partial charge in [-0.1, -0.05) is 11.2 Å². The number of nitrogens with zero attached hydrogens (tertiary/aromatic N) is 2. The Morgan fingerprint density at radius 2 is 2.25 bits per heavy atom. The summed E-state index contributed by atoms with van der Waals surface area (Å²) in [5, 5.41) is 5.74. The number of sulfonamides is 1. The van der Waals surface area contributed by atoms with Gasteiger partial charge in [0, 0.05) is 11.4 Å². The number of rotatable bonds is 3. The lowest BCUT2D eigenvalue weighted by molar-refractivity contribution is 0.385. The molecule has 20 heavy (non-hydrogen) atoms. The summed E-state index contributed by atoms with van der Waals surface area (Å²) in [7, 11) is -3.55. The Bertz CT molecular complexity index is 685. The minimum absolute atomic E-state index is 0.0614. The molecule has 0 amide bonds. The van der Waals surface area contributed by atoms with Gasteiger partial charge in [-0.15, -0.1) is 11.3 Å². The van der Waals surface area contributed by atoms with E-state index in [1.54, 1.807) is 29.5 Å². The van der Waals surface area contributed by atoms with Crippen LogP contribution in [0.5, 0.6) is 0 Å². The monoisotopic (exact) mass is 312 g/mol. The maximum Gasteiger partial charge on any atom is 0.249 e. The maximum atomic E-state index is 12.9. The quantitative estimate of drug-likeness (QED) is 0.874. The average molecular weight is 312 g/mol. The van der Waals surface area contributed by atoms with Gasteiger partial charge in [-0.2, -0.15) is 4.31 Å². The molecule has 3 rings (SSSR count). The summed E-state index contributed by atoms with van der Waals surface area (Å²) in [4.78, 5) is 1.32. The van der Waals surface area contributed by atoms with E-state index in [9.17, 15) is 8.42 Å². The Balaban J connectivity index is 2.03. The van der Waals surface area contributed by atoms with Crippen LogP contribution in [0.2, 0.25) is 0 Å². The summed E-state index contributed by atoms with van der Waals surface area (Å²) in [6, 6.07) is 3.89. The number of hydrogen-bond acceptors (Lipinski definition) is 5. The summed E-state index contributed by atoms with van der Waals surface area (Å²) < 4.78 is 32.3. The SMILES string of the molecule is Cc1noc(C)c1S(=O)(=O)N1CCCC1c1cccs1. The van der Waals surface area contributed by atoms with Gasteiger partial charge in [-0.3, -0.25) is 0 Å².